The number of aromatic nitrogens is 2. The van der Waals surface area contributed by atoms with Crippen molar-refractivity contribution in [1.29, 1.82) is 0 Å². The molecule has 0 radical (unpaired) electrons. The van der Waals surface area contributed by atoms with Crippen molar-refractivity contribution in [1.82, 2.24) is 10.1 Å². The Hall–Kier alpha value is -1.39. The summed E-state index contributed by atoms with van der Waals surface area (Å²) in [7, 11) is 0. The highest BCUT2D eigenvalue weighted by Crippen LogP contribution is 2.36. The molecule has 21 heavy (non-hydrogen) atoms. The summed E-state index contributed by atoms with van der Waals surface area (Å²) in [5.41, 5.74) is 0. The fraction of sp³-hybridized carbons (Fsp3) is 0.812. The minimum Gasteiger partial charge on any atom is -0.481 e. The van der Waals surface area contributed by atoms with E-state index in [4.69, 9.17) is 9.63 Å². The van der Waals surface area contributed by atoms with Gasteiger partial charge in [-0.05, 0) is 37.5 Å². The van der Waals surface area contributed by atoms with Crippen LogP contribution in [-0.4, -0.2) is 21.2 Å². The van der Waals surface area contributed by atoms with Crippen molar-refractivity contribution in [2.45, 2.75) is 71.1 Å². The lowest BCUT2D eigenvalue weighted by molar-refractivity contribution is -0.137. The average Bonchev–Trinajstić information content (AvgIpc) is 2.87. The van der Waals surface area contributed by atoms with E-state index in [-0.39, 0.29) is 12.3 Å². The zero-order valence-electron chi connectivity index (χ0n) is 13.0. The molecule has 1 aromatic heterocycles. The molecule has 1 aliphatic carbocycles. The molecule has 1 unspecified atom stereocenters. The second kappa shape index (κ2) is 7.57. The number of rotatable bonds is 7. The van der Waals surface area contributed by atoms with E-state index < -0.39 is 5.97 Å². The van der Waals surface area contributed by atoms with Crippen LogP contribution in [0.4, 0.5) is 0 Å². The first kappa shape index (κ1) is 16.0. The Morgan fingerprint density at radius 3 is 2.71 bits per heavy atom. The highest BCUT2D eigenvalue weighted by Gasteiger charge is 2.25. The number of aliphatic carboxylic acids is 1. The zero-order chi connectivity index (χ0) is 15.2. The van der Waals surface area contributed by atoms with Crippen LogP contribution in [0.2, 0.25) is 0 Å². The van der Waals surface area contributed by atoms with E-state index in [0.717, 1.165) is 24.6 Å². The molecule has 118 valence electrons. The monoisotopic (exact) mass is 294 g/mol. The maximum absolute atomic E-state index is 10.7. The van der Waals surface area contributed by atoms with Gasteiger partial charge in [-0.25, -0.2) is 0 Å². The normalized spacial score (nSPS) is 23.9. The summed E-state index contributed by atoms with van der Waals surface area (Å²) in [6.45, 7) is 4.14. The minimum atomic E-state index is -0.781. The minimum absolute atomic E-state index is 0.0242. The van der Waals surface area contributed by atoms with Crippen LogP contribution in [-0.2, 0) is 11.2 Å². The third-order valence-corrected chi connectivity index (χ3v) is 4.44. The van der Waals surface area contributed by atoms with Gasteiger partial charge in [-0.2, -0.15) is 4.98 Å². The summed E-state index contributed by atoms with van der Waals surface area (Å²) < 4.78 is 5.29. The van der Waals surface area contributed by atoms with E-state index in [1.165, 1.54) is 25.7 Å². The highest BCUT2D eigenvalue weighted by atomic mass is 16.5. The van der Waals surface area contributed by atoms with Gasteiger partial charge in [-0.1, -0.05) is 31.8 Å². The van der Waals surface area contributed by atoms with Gasteiger partial charge in [-0.15, -0.1) is 0 Å². The number of hydrogen-bond donors (Lipinski definition) is 1. The van der Waals surface area contributed by atoms with Gasteiger partial charge < -0.3 is 9.63 Å². The number of hydrogen-bond acceptors (Lipinski definition) is 4. The second-order valence-corrected chi connectivity index (χ2v) is 6.46. The van der Waals surface area contributed by atoms with E-state index in [1.807, 2.05) is 6.92 Å². The largest absolute Gasteiger partial charge is 0.481 e. The summed E-state index contributed by atoms with van der Waals surface area (Å²) in [6, 6.07) is 0. The summed E-state index contributed by atoms with van der Waals surface area (Å²) in [5, 5.41) is 12.9. The number of carboxylic acids is 1. The summed E-state index contributed by atoms with van der Waals surface area (Å²) in [4.78, 5) is 15.2. The van der Waals surface area contributed by atoms with Crippen molar-refractivity contribution in [3.05, 3.63) is 11.7 Å². The molecular weight excluding hydrogens is 268 g/mol. The van der Waals surface area contributed by atoms with Gasteiger partial charge in [0.05, 0.1) is 0 Å². The van der Waals surface area contributed by atoms with Crippen LogP contribution in [0, 0.1) is 11.8 Å². The van der Waals surface area contributed by atoms with E-state index in [0.29, 0.717) is 18.2 Å². The van der Waals surface area contributed by atoms with Crippen LogP contribution in [0.3, 0.4) is 0 Å². The van der Waals surface area contributed by atoms with Gasteiger partial charge in [0, 0.05) is 18.8 Å². The van der Waals surface area contributed by atoms with Crippen LogP contribution >= 0.6 is 0 Å². The molecule has 5 heteroatoms. The van der Waals surface area contributed by atoms with Crippen LogP contribution < -0.4 is 0 Å². The quantitative estimate of drug-likeness (QED) is 0.827. The molecule has 2 rings (SSSR count). The van der Waals surface area contributed by atoms with Crippen molar-refractivity contribution < 1.29 is 14.4 Å². The van der Waals surface area contributed by atoms with Crippen molar-refractivity contribution in [3.63, 3.8) is 0 Å². The van der Waals surface area contributed by atoms with Gasteiger partial charge in [-0.3, -0.25) is 4.79 Å². The molecule has 0 saturated heterocycles. The third-order valence-electron chi connectivity index (χ3n) is 4.44. The van der Waals surface area contributed by atoms with E-state index >= 15 is 0 Å². The summed E-state index contributed by atoms with van der Waals surface area (Å²) >= 11 is 0. The molecule has 1 fully saturated rings. The number of carbonyl (C=O) groups is 1. The van der Waals surface area contributed by atoms with Crippen LogP contribution in [0.5, 0.6) is 0 Å². The van der Waals surface area contributed by atoms with Gasteiger partial charge in [0.2, 0.25) is 5.89 Å². The van der Waals surface area contributed by atoms with Crippen molar-refractivity contribution in [3.8, 4) is 0 Å². The number of nitrogens with zero attached hydrogens (tertiary/aromatic N) is 2. The highest BCUT2D eigenvalue weighted by molar-refractivity contribution is 5.66. The Kier molecular flexibility index (Phi) is 5.76. The first-order valence-electron chi connectivity index (χ1n) is 8.12. The molecule has 0 aliphatic heterocycles. The predicted octanol–water partition coefficient (Wildman–Crippen LogP) is 3.80. The third kappa shape index (κ3) is 4.83. The smallest absolute Gasteiger partial charge is 0.303 e. The van der Waals surface area contributed by atoms with Gasteiger partial charge in [0.15, 0.2) is 5.82 Å². The molecule has 0 amide bonds. The van der Waals surface area contributed by atoms with Crippen LogP contribution in [0.1, 0.15) is 76.4 Å². The first-order valence-corrected chi connectivity index (χ1v) is 8.12. The molecule has 1 atom stereocenters. The molecule has 1 heterocycles. The average molecular weight is 294 g/mol. The Labute approximate surface area is 126 Å². The fourth-order valence-corrected chi connectivity index (χ4v) is 3.30. The lowest BCUT2D eigenvalue weighted by Crippen LogP contribution is -2.14. The van der Waals surface area contributed by atoms with Crippen molar-refractivity contribution in [2.24, 2.45) is 11.8 Å². The summed E-state index contributed by atoms with van der Waals surface area (Å²) in [5.74, 6) is 1.93. The molecule has 1 aliphatic rings. The molecule has 0 aromatic carbocycles. The maximum atomic E-state index is 10.7. The van der Waals surface area contributed by atoms with E-state index in [2.05, 4.69) is 17.1 Å². The standard InChI is InChI=1S/C16H26N2O3/c1-3-4-12-5-7-13(8-6-12)16-17-14(21-18-16)9-11(2)10-15(19)20/h11-13H,3-10H2,1-2H3,(H,19,20). The number of carboxylic acid groups (broad SMARTS) is 1. The second-order valence-electron chi connectivity index (χ2n) is 6.46. The molecule has 1 N–H and O–H groups in total. The summed E-state index contributed by atoms with van der Waals surface area (Å²) in [6.07, 6.45) is 8.10. The Balaban J connectivity index is 1.84. The van der Waals surface area contributed by atoms with Gasteiger partial charge in [0.25, 0.3) is 0 Å². The molecular formula is C16H26N2O3. The predicted molar refractivity (Wildman–Crippen MR) is 79.0 cm³/mol. The van der Waals surface area contributed by atoms with E-state index in [1.54, 1.807) is 0 Å². The first-order chi connectivity index (χ1) is 10.1. The Bertz CT molecular complexity index is 450. The molecule has 1 aromatic rings. The SMILES string of the molecule is CCCC1CCC(c2noc(CC(C)CC(=O)O)n2)CC1. The molecule has 1 saturated carbocycles. The molecule has 0 bridgehead atoms. The molecule has 5 nitrogen and oxygen atoms in total. The zero-order valence-corrected chi connectivity index (χ0v) is 13.0. The lowest BCUT2D eigenvalue weighted by Gasteiger charge is -2.26. The molecule has 0 spiro atoms. The van der Waals surface area contributed by atoms with Crippen LogP contribution in [0.25, 0.3) is 0 Å². The topological polar surface area (TPSA) is 76.2 Å². The van der Waals surface area contributed by atoms with Gasteiger partial charge in [0.1, 0.15) is 0 Å². The van der Waals surface area contributed by atoms with Gasteiger partial charge >= 0.3 is 5.97 Å². The van der Waals surface area contributed by atoms with E-state index in [9.17, 15) is 4.79 Å². The van der Waals surface area contributed by atoms with Crippen molar-refractivity contribution >= 4 is 5.97 Å². The Morgan fingerprint density at radius 2 is 2.10 bits per heavy atom. The lowest BCUT2D eigenvalue weighted by atomic mass is 9.80. The van der Waals surface area contributed by atoms with Crippen LogP contribution in [0.15, 0.2) is 4.52 Å². The fourth-order valence-electron chi connectivity index (χ4n) is 3.30. The van der Waals surface area contributed by atoms with Crippen molar-refractivity contribution in [2.75, 3.05) is 0 Å². The Morgan fingerprint density at radius 1 is 1.38 bits per heavy atom. The maximum Gasteiger partial charge on any atom is 0.303 e.